The molecular formula is C11H12N4S. The summed E-state index contributed by atoms with van der Waals surface area (Å²) in [4.78, 5) is 4.35. The number of benzene rings is 1. The number of hydrogen-bond acceptors (Lipinski definition) is 3. The van der Waals surface area contributed by atoms with Gasteiger partial charge in [0.25, 0.3) is 0 Å². The van der Waals surface area contributed by atoms with E-state index in [1.54, 1.807) is 6.20 Å². The molecule has 0 fully saturated rings. The van der Waals surface area contributed by atoms with Gasteiger partial charge in [-0.05, 0) is 23.8 Å². The molecule has 1 aromatic carbocycles. The van der Waals surface area contributed by atoms with Crippen LogP contribution in [0, 0.1) is 0 Å². The Morgan fingerprint density at radius 1 is 1.31 bits per heavy atom. The molecule has 5 heteroatoms. The van der Waals surface area contributed by atoms with Crippen LogP contribution in [0.5, 0.6) is 0 Å². The molecule has 2 rings (SSSR count). The molecule has 82 valence electrons. The normalized spacial score (nSPS) is 10.1. The van der Waals surface area contributed by atoms with Gasteiger partial charge >= 0.3 is 0 Å². The van der Waals surface area contributed by atoms with Crippen molar-refractivity contribution in [1.82, 2.24) is 15.7 Å². The van der Waals surface area contributed by atoms with Crippen molar-refractivity contribution in [1.29, 1.82) is 0 Å². The summed E-state index contributed by atoms with van der Waals surface area (Å²) in [5.41, 5.74) is 4.46. The van der Waals surface area contributed by atoms with Gasteiger partial charge in [0, 0.05) is 18.1 Å². The number of thiocarbonyl (C=S) groups is 1. The Morgan fingerprint density at radius 2 is 2.12 bits per heavy atom. The summed E-state index contributed by atoms with van der Waals surface area (Å²) in [6.07, 6.45) is 1.78. The van der Waals surface area contributed by atoms with E-state index in [0.717, 1.165) is 16.5 Å². The number of pyridine rings is 1. The summed E-state index contributed by atoms with van der Waals surface area (Å²) < 4.78 is 0. The Balaban J connectivity index is 2.27. The molecule has 0 spiro atoms. The molecule has 1 aromatic heterocycles. The largest absolute Gasteiger partial charge is 0.358 e. The minimum Gasteiger partial charge on any atom is -0.358 e. The third kappa shape index (κ3) is 2.26. The van der Waals surface area contributed by atoms with Crippen molar-refractivity contribution in [3.8, 4) is 0 Å². The van der Waals surface area contributed by atoms with Gasteiger partial charge in [0.2, 0.25) is 0 Å². The second-order valence-electron chi connectivity index (χ2n) is 3.32. The van der Waals surface area contributed by atoms with Gasteiger partial charge in [-0.1, -0.05) is 24.3 Å². The first kappa shape index (κ1) is 10.8. The number of nitrogens with two attached hydrogens (primary N) is 1. The third-order valence-corrected chi connectivity index (χ3v) is 2.55. The van der Waals surface area contributed by atoms with Crippen molar-refractivity contribution in [2.24, 2.45) is 5.84 Å². The predicted octanol–water partition coefficient (Wildman–Crippen LogP) is 1.07. The zero-order chi connectivity index (χ0) is 11.4. The number of para-hydroxylation sites is 1. The minimum absolute atomic E-state index is 0.424. The second kappa shape index (κ2) is 4.87. The van der Waals surface area contributed by atoms with Crippen molar-refractivity contribution >= 4 is 28.2 Å². The van der Waals surface area contributed by atoms with E-state index in [-0.39, 0.29) is 0 Å². The summed E-state index contributed by atoms with van der Waals surface area (Å²) in [7, 11) is 0. The molecule has 0 aliphatic carbocycles. The lowest BCUT2D eigenvalue weighted by Crippen LogP contribution is -2.39. The summed E-state index contributed by atoms with van der Waals surface area (Å²) >= 11 is 4.91. The van der Waals surface area contributed by atoms with Crippen molar-refractivity contribution in [2.75, 3.05) is 0 Å². The number of aromatic nitrogens is 1. The first-order valence-electron chi connectivity index (χ1n) is 4.88. The van der Waals surface area contributed by atoms with Gasteiger partial charge < -0.3 is 10.7 Å². The molecular weight excluding hydrogens is 220 g/mol. The van der Waals surface area contributed by atoms with Crippen LogP contribution in [0.25, 0.3) is 10.9 Å². The van der Waals surface area contributed by atoms with Crippen LogP contribution in [-0.2, 0) is 6.54 Å². The molecule has 0 bridgehead atoms. The topological polar surface area (TPSA) is 63.0 Å². The maximum absolute atomic E-state index is 5.18. The van der Waals surface area contributed by atoms with E-state index in [9.17, 15) is 0 Å². The van der Waals surface area contributed by atoms with Gasteiger partial charge in [-0.2, -0.15) is 0 Å². The van der Waals surface area contributed by atoms with E-state index < -0.39 is 0 Å². The Kier molecular flexibility index (Phi) is 3.28. The van der Waals surface area contributed by atoms with E-state index in [1.165, 1.54) is 0 Å². The minimum atomic E-state index is 0.424. The SMILES string of the molecule is NNC(=S)NCc1cccc2cccnc12. The van der Waals surface area contributed by atoms with E-state index in [0.29, 0.717) is 11.7 Å². The number of fused-ring (bicyclic) bond motifs is 1. The average molecular weight is 232 g/mol. The molecule has 0 aliphatic rings. The van der Waals surface area contributed by atoms with Gasteiger partial charge in [-0.15, -0.1) is 0 Å². The van der Waals surface area contributed by atoms with Crippen molar-refractivity contribution in [3.63, 3.8) is 0 Å². The van der Waals surface area contributed by atoms with Crippen LogP contribution in [0.1, 0.15) is 5.56 Å². The first-order valence-corrected chi connectivity index (χ1v) is 5.29. The molecule has 0 unspecified atom stereocenters. The molecule has 0 radical (unpaired) electrons. The van der Waals surface area contributed by atoms with Crippen LogP contribution in [0.15, 0.2) is 36.5 Å². The maximum Gasteiger partial charge on any atom is 0.180 e. The Hall–Kier alpha value is -1.72. The number of hydrogen-bond donors (Lipinski definition) is 3. The van der Waals surface area contributed by atoms with Crippen LogP contribution >= 0.6 is 12.2 Å². The highest BCUT2D eigenvalue weighted by molar-refractivity contribution is 7.80. The zero-order valence-electron chi connectivity index (χ0n) is 8.60. The predicted molar refractivity (Wildman–Crippen MR) is 68.5 cm³/mol. The fourth-order valence-corrected chi connectivity index (χ4v) is 1.61. The van der Waals surface area contributed by atoms with Gasteiger partial charge in [-0.3, -0.25) is 4.98 Å². The maximum atomic E-state index is 5.18. The van der Waals surface area contributed by atoms with E-state index >= 15 is 0 Å². The molecule has 1 heterocycles. The number of nitrogens with one attached hydrogen (secondary N) is 2. The standard InChI is InChI=1S/C11H12N4S/c12-15-11(16)14-7-9-4-1-3-8-5-2-6-13-10(8)9/h1-6H,7,12H2,(H2,14,15,16). The lowest BCUT2D eigenvalue weighted by Gasteiger charge is -2.08. The molecule has 0 aliphatic heterocycles. The smallest absolute Gasteiger partial charge is 0.180 e. The van der Waals surface area contributed by atoms with Crippen molar-refractivity contribution in [2.45, 2.75) is 6.54 Å². The lowest BCUT2D eigenvalue weighted by atomic mass is 10.1. The molecule has 2 aromatic rings. The zero-order valence-corrected chi connectivity index (χ0v) is 9.42. The van der Waals surface area contributed by atoms with Gasteiger partial charge in [0.15, 0.2) is 5.11 Å². The van der Waals surface area contributed by atoms with Crippen molar-refractivity contribution in [3.05, 3.63) is 42.1 Å². The Bertz CT molecular complexity index is 507. The Labute approximate surface area is 98.8 Å². The van der Waals surface area contributed by atoms with E-state index in [4.69, 9.17) is 18.1 Å². The van der Waals surface area contributed by atoms with Crippen molar-refractivity contribution < 1.29 is 0 Å². The first-order chi connectivity index (χ1) is 7.81. The number of nitrogens with zero attached hydrogens (tertiary/aromatic N) is 1. The highest BCUT2D eigenvalue weighted by Crippen LogP contribution is 2.15. The monoisotopic (exact) mass is 232 g/mol. The quantitative estimate of drug-likeness (QED) is 0.411. The molecule has 0 amide bonds. The number of hydrazine groups is 1. The number of rotatable bonds is 2. The fraction of sp³-hybridized carbons (Fsp3) is 0.0909. The third-order valence-electron chi connectivity index (χ3n) is 2.29. The Morgan fingerprint density at radius 3 is 2.94 bits per heavy atom. The van der Waals surface area contributed by atoms with Gasteiger partial charge in [0.1, 0.15) is 0 Å². The van der Waals surface area contributed by atoms with E-state index in [2.05, 4.69) is 15.7 Å². The van der Waals surface area contributed by atoms with E-state index in [1.807, 2.05) is 30.3 Å². The molecule has 16 heavy (non-hydrogen) atoms. The molecule has 0 saturated heterocycles. The van der Waals surface area contributed by atoms with Crippen LogP contribution in [-0.4, -0.2) is 10.1 Å². The summed E-state index contributed by atoms with van der Waals surface area (Å²) in [6.45, 7) is 0.609. The molecule has 0 atom stereocenters. The van der Waals surface area contributed by atoms with Crippen LogP contribution in [0.4, 0.5) is 0 Å². The van der Waals surface area contributed by atoms with Gasteiger partial charge in [-0.25, -0.2) is 5.84 Å². The van der Waals surface area contributed by atoms with Crippen LogP contribution in [0.3, 0.4) is 0 Å². The average Bonchev–Trinajstić information content (AvgIpc) is 2.35. The fourth-order valence-electron chi connectivity index (χ4n) is 1.54. The molecule has 4 nitrogen and oxygen atoms in total. The second-order valence-corrected chi connectivity index (χ2v) is 3.73. The molecule has 0 saturated carbocycles. The lowest BCUT2D eigenvalue weighted by molar-refractivity contribution is 0.869. The molecule has 4 N–H and O–H groups in total. The van der Waals surface area contributed by atoms with Crippen LogP contribution < -0.4 is 16.6 Å². The van der Waals surface area contributed by atoms with Crippen LogP contribution in [0.2, 0.25) is 0 Å². The van der Waals surface area contributed by atoms with Gasteiger partial charge in [0.05, 0.1) is 5.52 Å². The highest BCUT2D eigenvalue weighted by Gasteiger charge is 2.01. The summed E-state index contributed by atoms with van der Waals surface area (Å²) in [5, 5.41) is 4.54. The highest BCUT2D eigenvalue weighted by atomic mass is 32.1. The summed E-state index contributed by atoms with van der Waals surface area (Å²) in [6, 6.07) is 10.0. The summed E-state index contributed by atoms with van der Waals surface area (Å²) in [5.74, 6) is 5.18.